The van der Waals surface area contributed by atoms with Crippen LogP contribution in [0.5, 0.6) is 5.75 Å². The molecule has 0 saturated carbocycles. The van der Waals surface area contributed by atoms with Gasteiger partial charge in [0.05, 0.1) is 24.2 Å². The Kier molecular flexibility index (Phi) is 6.09. The lowest BCUT2D eigenvalue weighted by atomic mass is 9.82. The molecule has 0 radical (unpaired) electrons. The van der Waals surface area contributed by atoms with E-state index in [1.54, 1.807) is 43.3 Å². The van der Waals surface area contributed by atoms with Crippen LogP contribution in [0.3, 0.4) is 0 Å². The number of nitrogens with two attached hydrogens (primary N) is 1. The van der Waals surface area contributed by atoms with Gasteiger partial charge in [0.15, 0.2) is 0 Å². The molecular formula is C22H17ClN2O5. The number of benzene rings is 2. The van der Waals surface area contributed by atoms with Crippen molar-refractivity contribution in [1.82, 2.24) is 0 Å². The van der Waals surface area contributed by atoms with Gasteiger partial charge in [-0.25, -0.2) is 9.59 Å². The maximum Gasteiger partial charge on any atom is 0.343 e. The van der Waals surface area contributed by atoms with Crippen LogP contribution in [0.25, 0.3) is 0 Å². The zero-order chi connectivity index (χ0) is 21.8. The summed E-state index contributed by atoms with van der Waals surface area (Å²) in [5, 5.41) is 10.1. The number of para-hydroxylation sites is 1. The van der Waals surface area contributed by atoms with E-state index in [1.165, 1.54) is 19.2 Å². The fraction of sp³-hybridized carbons (Fsp3) is 0.136. The Bertz CT molecular complexity index is 1110. The Morgan fingerprint density at radius 3 is 2.43 bits per heavy atom. The standard InChI is InChI=1S/C22H17ClN2O5/c1-12-18(22(27)28-2)19(16(11-24)20(25)29-12)15-5-3-4-6-17(15)30-21(26)13-7-9-14(23)10-8-13/h3-10,19H,25H2,1-2H3/t19-/m1/s1. The molecule has 3 rings (SSSR count). The molecule has 2 aromatic carbocycles. The summed E-state index contributed by atoms with van der Waals surface area (Å²) >= 11 is 5.86. The van der Waals surface area contributed by atoms with Crippen molar-refractivity contribution in [1.29, 1.82) is 5.26 Å². The number of esters is 2. The lowest BCUT2D eigenvalue weighted by Gasteiger charge is -2.27. The van der Waals surface area contributed by atoms with Crippen LogP contribution in [0.4, 0.5) is 0 Å². The highest BCUT2D eigenvalue weighted by molar-refractivity contribution is 6.30. The van der Waals surface area contributed by atoms with Gasteiger partial charge in [-0.2, -0.15) is 5.26 Å². The normalized spacial score (nSPS) is 15.9. The third-order valence-electron chi connectivity index (χ3n) is 4.52. The number of hydrogen-bond acceptors (Lipinski definition) is 7. The first kappa shape index (κ1) is 21.0. The number of nitriles is 1. The van der Waals surface area contributed by atoms with Crippen LogP contribution in [0.15, 0.2) is 71.3 Å². The highest BCUT2D eigenvalue weighted by atomic mass is 35.5. The average molecular weight is 425 g/mol. The van der Waals surface area contributed by atoms with Crippen LogP contribution in [0, 0.1) is 11.3 Å². The Balaban J connectivity index is 2.09. The van der Waals surface area contributed by atoms with E-state index in [0.717, 1.165) is 0 Å². The van der Waals surface area contributed by atoms with Gasteiger partial charge in [-0.05, 0) is 37.3 Å². The third kappa shape index (κ3) is 4.00. The summed E-state index contributed by atoms with van der Waals surface area (Å²) in [6.45, 7) is 1.54. The summed E-state index contributed by atoms with van der Waals surface area (Å²) in [4.78, 5) is 25.1. The van der Waals surface area contributed by atoms with Crippen LogP contribution in [0.1, 0.15) is 28.8 Å². The Labute approximate surface area is 177 Å². The summed E-state index contributed by atoms with van der Waals surface area (Å²) in [5.41, 5.74) is 6.68. The fourth-order valence-corrected chi connectivity index (χ4v) is 3.25. The molecule has 8 heteroatoms. The maximum absolute atomic E-state index is 12.6. The zero-order valence-corrected chi connectivity index (χ0v) is 16.9. The molecule has 0 saturated heterocycles. The summed E-state index contributed by atoms with van der Waals surface area (Å²) in [7, 11) is 1.22. The van der Waals surface area contributed by atoms with Gasteiger partial charge in [0.25, 0.3) is 0 Å². The van der Waals surface area contributed by atoms with E-state index >= 15 is 0 Å². The minimum atomic E-state index is -0.926. The predicted molar refractivity (Wildman–Crippen MR) is 108 cm³/mol. The largest absolute Gasteiger partial charge is 0.466 e. The van der Waals surface area contributed by atoms with Crippen molar-refractivity contribution >= 4 is 23.5 Å². The number of ether oxygens (including phenoxy) is 3. The third-order valence-corrected chi connectivity index (χ3v) is 4.78. The molecule has 0 amide bonds. The number of nitrogens with zero attached hydrogens (tertiary/aromatic N) is 1. The van der Waals surface area contributed by atoms with Crippen LogP contribution < -0.4 is 10.5 Å². The van der Waals surface area contributed by atoms with E-state index in [2.05, 4.69) is 0 Å². The van der Waals surface area contributed by atoms with Gasteiger partial charge in [-0.1, -0.05) is 29.8 Å². The Morgan fingerprint density at radius 2 is 1.80 bits per heavy atom. The Hall–Kier alpha value is -3.76. The first-order chi connectivity index (χ1) is 14.4. The lowest BCUT2D eigenvalue weighted by molar-refractivity contribution is -0.136. The molecule has 1 atom stereocenters. The molecule has 2 aromatic rings. The van der Waals surface area contributed by atoms with Crippen LogP contribution in [0.2, 0.25) is 5.02 Å². The molecule has 2 N–H and O–H groups in total. The molecule has 7 nitrogen and oxygen atoms in total. The van der Waals surface area contributed by atoms with Crippen molar-refractivity contribution in [2.45, 2.75) is 12.8 Å². The summed E-state index contributed by atoms with van der Waals surface area (Å²) in [5.74, 6) is -2.00. The second kappa shape index (κ2) is 8.72. The van der Waals surface area contributed by atoms with Crippen molar-refractivity contribution in [2.75, 3.05) is 7.11 Å². The quantitative estimate of drug-likeness (QED) is 0.586. The van der Waals surface area contributed by atoms with Crippen LogP contribution in [-0.2, 0) is 14.3 Å². The van der Waals surface area contributed by atoms with E-state index in [0.29, 0.717) is 10.6 Å². The summed E-state index contributed by atoms with van der Waals surface area (Å²) < 4.78 is 15.8. The van der Waals surface area contributed by atoms with Crippen molar-refractivity contribution in [3.05, 3.63) is 87.5 Å². The summed E-state index contributed by atoms with van der Waals surface area (Å²) in [6.07, 6.45) is 0. The first-order valence-electron chi connectivity index (χ1n) is 8.80. The molecule has 30 heavy (non-hydrogen) atoms. The first-order valence-corrected chi connectivity index (χ1v) is 9.18. The fourth-order valence-electron chi connectivity index (χ4n) is 3.12. The van der Waals surface area contributed by atoms with Crippen molar-refractivity contribution in [3.8, 4) is 11.8 Å². The topological polar surface area (TPSA) is 112 Å². The maximum atomic E-state index is 12.6. The molecule has 0 unspecified atom stereocenters. The molecule has 0 fully saturated rings. The summed E-state index contributed by atoms with van der Waals surface area (Å²) in [6, 6.07) is 14.8. The number of allylic oxidation sites excluding steroid dienone is 2. The van der Waals surface area contributed by atoms with E-state index in [9.17, 15) is 14.9 Å². The Morgan fingerprint density at radius 1 is 1.13 bits per heavy atom. The van der Waals surface area contributed by atoms with Gasteiger partial charge in [0.2, 0.25) is 5.88 Å². The number of carbonyl (C=O) groups excluding carboxylic acids is 2. The van der Waals surface area contributed by atoms with Gasteiger partial charge in [0.1, 0.15) is 23.2 Å². The van der Waals surface area contributed by atoms with E-state index in [-0.39, 0.29) is 34.1 Å². The molecule has 152 valence electrons. The highest BCUT2D eigenvalue weighted by Gasteiger charge is 2.37. The molecular weight excluding hydrogens is 408 g/mol. The van der Waals surface area contributed by atoms with Crippen LogP contribution in [-0.4, -0.2) is 19.0 Å². The number of hydrogen-bond donors (Lipinski definition) is 1. The second-order valence-electron chi connectivity index (χ2n) is 6.32. The number of rotatable bonds is 4. The van der Waals surface area contributed by atoms with E-state index in [4.69, 9.17) is 31.5 Å². The van der Waals surface area contributed by atoms with Crippen LogP contribution >= 0.6 is 11.6 Å². The van der Waals surface area contributed by atoms with Crippen molar-refractivity contribution < 1.29 is 23.8 Å². The minimum Gasteiger partial charge on any atom is -0.466 e. The molecule has 0 aromatic heterocycles. The molecule has 1 aliphatic heterocycles. The minimum absolute atomic E-state index is 0.0102. The molecule has 1 aliphatic rings. The number of carbonyl (C=O) groups is 2. The monoisotopic (exact) mass is 424 g/mol. The lowest BCUT2D eigenvalue weighted by Crippen LogP contribution is -2.25. The van der Waals surface area contributed by atoms with Gasteiger partial charge < -0.3 is 19.9 Å². The molecule has 0 aliphatic carbocycles. The average Bonchev–Trinajstić information content (AvgIpc) is 2.73. The van der Waals surface area contributed by atoms with Crippen molar-refractivity contribution in [3.63, 3.8) is 0 Å². The van der Waals surface area contributed by atoms with Crippen molar-refractivity contribution in [2.24, 2.45) is 5.73 Å². The van der Waals surface area contributed by atoms with Gasteiger partial charge >= 0.3 is 11.9 Å². The highest BCUT2D eigenvalue weighted by Crippen LogP contribution is 2.43. The van der Waals surface area contributed by atoms with E-state index in [1.807, 2.05) is 6.07 Å². The molecule has 0 bridgehead atoms. The van der Waals surface area contributed by atoms with Gasteiger partial charge in [0, 0.05) is 10.6 Å². The zero-order valence-electron chi connectivity index (χ0n) is 16.1. The smallest absolute Gasteiger partial charge is 0.343 e. The van der Waals surface area contributed by atoms with Gasteiger partial charge in [-0.3, -0.25) is 0 Å². The number of methoxy groups -OCH3 is 1. The van der Waals surface area contributed by atoms with E-state index < -0.39 is 17.9 Å². The molecule has 0 spiro atoms. The SMILES string of the molecule is COC(=O)C1=C(C)OC(N)=C(C#N)[C@H]1c1ccccc1OC(=O)c1ccc(Cl)cc1. The molecule has 1 heterocycles. The predicted octanol–water partition coefficient (Wildman–Crippen LogP) is 3.81. The second-order valence-corrected chi connectivity index (χ2v) is 6.76. The number of halogens is 1. The van der Waals surface area contributed by atoms with Gasteiger partial charge in [-0.15, -0.1) is 0 Å².